The summed E-state index contributed by atoms with van der Waals surface area (Å²) in [6, 6.07) is 3.62. The standard InChI is InChI=1S/C11H13N5S/c1-16-7-8(6-15-16)5-14-10-4-9(11(12)17)2-3-13-10/h2-4,6-7H,5H2,1H3,(H2,12,17)(H,13,14). The first kappa shape index (κ1) is 11.5. The zero-order chi connectivity index (χ0) is 12.3. The van der Waals surface area contributed by atoms with Gasteiger partial charge < -0.3 is 11.1 Å². The summed E-state index contributed by atoms with van der Waals surface area (Å²) in [6.07, 6.45) is 5.44. The highest BCUT2D eigenvalue weighted by Crippen LogP contribution is 2.08. The fourth-order valence-electron chi connectivity index (χ4n) is 1.44. The van der Waals surface area contributed by atoms with Crippen molar-refractivity contribution in [1.29, 1.82) is 0 Å². The van der Waals surface area contributed by atoms with Crippen molar-refractivity contribution in [2.24, 2.45) is 12.8 Å². The van der Waals surface area contributed by atoms with Crippen LogP contribution in [0, 0.1) is 0 Å². The van der Waals surface area contributed by atoms with Crippen LogP contribution in [0.1, 0.15) is 11.1 Å². The summed E-state index contributed by atoms with van der Waals surface area (Å²) >= 11 is 4.91. The minimum absolute atomic E-state index is 0.372. The molecule has 17 heavy (non-hydrogen) atoms. The first-order valence-electron chi connectivity index (χ1n) is 5.12. The molecule has 0 atom stereocenters. The number of thiocarbonyl (C=S) groups is 1. The molecular formula is C11H13N5S. The number of nitrogens with zero attached hydrogens (tertiary/aromatic N) is 3. The zero-order valence-electron chi connectivity index (χ0n) is 9.42. The van der Waals surface area contributed by atoms with Crippen molar-refractivity contribution < 1.29 is 0 Å². The van der Waals surface area contributed by atoms with Crippen LogP contribution in [0.15, 0.2) is 30.7 Å². The summed E-state index contributed by atoms with van der Waals surface area (Å²) in [7, 11) is 1.88. The summed E-state index contributed by atoms with van der Waals surface area (Å²) in [5.41, 5.74) is 7.46. The Morgan fingerprint density at radius 3 is 3.06 bits per heavy atom. The molecule has 0 radical (unpaired) electrons. The van der Waals surface area contributed by atoms with Gasteiger partial charge >= 0.3 is 0 Å². The first-order chi connectivity index (χ1) is 8.15. The average molecular weight is 247 g/mol. The predicted molar refractivity (Wildman–Crippen MR) is 70.7 cm³/mol. The smallest absolute Gasteiger partial charge is 0.126 e. The van der Waals surface area contributed by atoms with Crippen molar-refractivity contribution in [3.8, 4) is 0 Å². The molecule has 0 aliphatic heterocycles. The average Bonchev–Trinajstić information content (AvgIpc) is 2.73. The topological polar surface area (TPSA) is 68.8 Å². The summed E-state index contributed by atoms with van der Waals surface area (Å²) in [5, 5.41) is 7.28. The number of nitrogens with two attached hydrogens (primary N) is 1. The molecule has 5 nitrogen and oxygen atoms in total. The molecule has 2 heterocycles. The maximum absolute atomic E-state index is 5.56. The highest BCUT2D eigenvalue weighted by Gasteiger charge is 2.00. The van der Waals surface area contributed by atoms with Crippen LogP contribution in [-0.2, 0) is 13.6 Å². The van der Waals surface area contributed by atoms with E-state index in [-0.39, 0.29) is 0 Å². The number of hydrogen-bond donors (Lipinski definition) is 2. The van der Waals surface area contributed by atoms with Crippen LogP contribution in [-0.4, -0.2) is 19.8 Å². The van der Waals surface area contributed by atoms with Crippen LogP contribution in [0.4, 0.5) is 5.82 Å². The third-order valence-corrected chi connectivity index (χ3v) is 2.51. The largest absolute Gasteiger partial charge is 0.389 e. The van der Waals surface area contributed by atoms with Gasteiger partial charge in [0.1, 0.15) is 10.8 Å². The Hall–Kier alpha value is -1.95. The van der Waals surface area contributed by atoms with E-state index >= 15 is 0 Å². The molecule has 0 saturated heterocycles. The molecule has 0 aromatic carbocycles. The summed E-state index contributed by atoms with van der Waals surface area (Å²) < 4.78 is 1.76. The molecule has 0 spiro atoms. The lowest BCUT2D eigenvalue weighted by Crippen LogP contribution is -2.10. The van der Waals surface area contributed by atoms with E-state index in [4.69, 9.17) is 18.0 Å². The highest BCUT2D eigenvalue weighted by molar-refractivity contribution is 7.80. The lowest BCUT2D eigenvalue weighted by Gasteiger charge is -2.05. The van der Waals surface area contributed by atoms with Gasteiger partial charge in [-0.1, -0.05) is 12.2 Å². The molecule has 0 saturated carbocycles. The molecular weight excluding hydrogens is 234 g/mol. The van der Waals surface area contributed by atoms with Crippen LogP contribution >= 0.6 is 12.2 Å². The second-order valence-corrected chi connectivity index (χ2v) is 4.11. The predicted octanol–water partition coefficient (Wildman–Crippen LogP) is 1.06. The van der Waals surface area contributed by atoms with Crippen LogP contribution in [0.2, 0.25) is 0 Å². The lowest BCUT2D eigenvalue weighted by molar-refractivity contribution is 0.767. The van der Waals surface area contributed by atoms with Gasteiger partial charge in [0.05, 0.1) is 6.20 Å². The van der Waals surface area contributed by atoms with Crippen molar-refractivity contribution in [3.05, 3.63) is 41.9 Å². The quantitative estimate of drug-likeness (QED) is 0.791. The van der Waals surface area contributed by atoms with E-state index in [9.17, 15) is 0 Å². The van der Waals surface area contributed by atoms with Gasteiger partial charge in [-0.05, 0) is 12.1 Å². The Bertz CT molecular complexity index is 534. The third-order valence-electron chi connectivity index (χ3n) is 2.28. The minimum Gasteiger partial charge on any atom is -0.389 e. The van der Waals surface area contributed by atoms with Crippen LogP contribution in [0.3, 0.4) is 0 Å². The fourth-order valence-corrected chi connectivity index (χ4v) is 1.56. The maximum atomic E-state index is 5.56. The molecule has 2 aromatic rings. The molecule has 0 aliphatic rings. The number of rotatable bonds is 4. The number of aromatic nitrogens is 3. The Kier molecular flexibility index (Phi) is 3.34. The van der Waals surface area contributed by atoms with Crippen molar-refractivity contribution >= 4 is 23.0 Å². The molecule has 0 fully saturated rings. The highest BCUT2D eigenvalue weighted by atomic mass is 32.1. The molecule has 0 unspecified atom stereocenters. The van der Waals surface area contributed by atoms with Crippen molar-refractivity contribution in [1.82, 2.24) is 14.8 Å². The molecule has 6 heteroatoms. The Morgan fingerprint density at radius 2 is 2.41 bits per heavy atom. The van der Waals surface area contributed by atoms with E-state index in [0.717, 1.165) is 16.9 Å². The molecule has 0 aliphatic carbocycles. The normalized spacial score (nSPS) is 10.2. The fraction of sp³-hybridized carbons (Fsp3) is 0.182. The van der Waals surface area contributed by atoms with Crippen molar-refractivity contribution in [3.63, 3.8) is 0 Å². The second kappa shape index (κ2) is 4.92. The molecule has 0 amide bonds. The Morgan fingerprint density at radius 1 is 1.59 bits per heavy atom. The van der Waals surface area contributed by atoms with Gasteiger partial charge in [0.25, 0.3) is 0 Å². The molecule has 2 rings (SSSR count). The molecule has 88 valence electrons. The van der Waals surface area contributed by atoms with Gasteiger partial charge in [0.2, 0.25) is 0 Å². The van der Waals surface area contributed by atoms with Gasteiger partial charge in [0.15, 0.2) is 0 Å². The maximum Gasteiger partial charge on any atom is 0.126 e. The van der Waals surface area contributed by atoms with E-state index in [1.165, 1.54) is 0 Å². The van der Waals surface area contributed by atoms with Gasteiger partial charge in [0, 0.05) is 37.1 Å². The summed E-state index contributed by atoms with van der Waals surface area (Å²) in [4.78, 5) is 4.56. The summed E-state index contributed by atoms with van der Waals surface area (Å²) in [5.74, 6) is 0.749. The number of aryl methyl sites for hydroxylation is 1. The van der Waals surface area contributed by atoms with Gasteiger partial charge in [-0.2, -0.15) is 5.10 Å². The van der Waals surface area contributed by atoms with Gasteiger partial charge in [-0.15, -0.1) is 0 Å². The minimum atomic E-state index is 0.372. The zero-order valence-corrected chi connectivity index (χ0v) is 10.2. The Labute approximate surface area is 105 Å². The Balaban J connectivity index is 2.04. The van der Waals surface area contributed by atoms with Crippen LogP contribution in [0.5, 0.6) is 0 Å². The molecule has 2 aromatic heterocycles. The number of anilines is 1. The van der Waals surface area contributed by atoms with E-state index in [2.05, 4.69) is 15.4 Å². The first-order valence-corrected chi connectivity index (χ1v) is 5.53. The van der Waals surface area contributed by atoms with Gasteiger partial charge in [-0.3, -0.25) is 4.68 Å². The van der Waals surface area contributed by atoms with E-state index in [1.54, 1.807) is 16.9 Å². The second-order valence-electron chi connectivity index (χ2n) is 3.67. The lowest BCUT2D eigenvalue weighted by atomic mass is 10.2. The number of nitrogens with one attached hydrogen (secondary N) is 1. The van der Waals surface area contributed by atoms with E-state index in [1.807, 2.05) is 25.5 Å². The number of pyridine rings is 1. The van der Waals surface area contributed by atoms with Crippen molar-refractivity contribution in [2.45, 2.75) is 6.54 Å². The molecule has 3 N–H and O–H groups in total. The number of hydrogen-bond acceptors (Lipinski definition) is 4. The van der Waals surface area contributed by atoms with Gasteiger partial charge in [-0.25, -0.2) is 4.98 Å². The van der Waals surface area contributed by atoms with Crippen LogP contribution < -0.4 is 11.1 Å². The monoisotopic (exact) mass is 247 g/mol. The summed E-state index contributed by atoms with van der Waals surface area (Å²) in [6.45, 7) is 0.668. The SMILES string of the molecule is Cn1cc(CNc2cc(C(N)=S)ccn2)cn1. The van der Waals surface area contributed by atoms with Crippen molar-refractivity contribution in [2.75, 3.05) is 5.32 Å². The van der Waals surface area contributed by atoms with E-state index < -0.39 is 0 Å². The third kappa shape index (κ3) is 3.01. The molecule has 0 bridgehead atoms. The van der Waals surface area contributed by atoms with Crippen LogP contribution in [0.25, 0.3) is 0 Å². The van der Waals surface area contributed by atoms with E-state index in [0.29, 0.717) is 11.5 Å².